The first-order valence-corrected chi connectivity index (χ1v) is 11.3. The van der Waals surface area contributed by atoms with E-state index in [1.54, 1.807) is 51.7 Å². The second-order valence-electron chi connectivity index (χ2n) is 7.57. The number of methoxy groups -OCH3 is 3. The molecule has 186 valence electrons. The number of rotatable bonds is 17. The maximum absolute atomic E-state index is 12.3. The van der Waals surface area contributed by atoms with Gasteiger partial charge in [0.05, 0.1) is 25.9 Å². The highest BCUT2D eigenvalue weighted by Crippen LogP contribution is 2.18. The van der Waals surface area contributed by atoms with Crippen molar-refractivity contribution >= 4 is 12.2 Å². The fourth-order valence-corrected chi connectivity index (χ4v) is 3.12. The van der Waals surface area contributed by atoms with E-state index >= 15 is 0 Å². The summed E-state index contributed by atoms with van der Waals surface area (Å²) in [4.78, 5) is 12.3. The lowest BCUT2D eigenvalue weighted by atomic mass is 10.1. The summed E-state index contributed by atoms with van der Waals surface area (Å²) in [5, 5.41) is 7.46. The van der Waals surface area contributed by atoms with Gasteiger partial charge in [-0.2, -0.15) is 0 Å². The third kappa shape index (κ3) is 9.51. The minimum Gasteiger partial charge on any atom is -0.496 e. The number of benzene rings is 2. The van der Waals surface area contributed by atoms with Gasteiger partial charge in [0.1, 0.15) is 24.2 Å². The quantitative estimate of drug-likeness (QED) is 0.211. The number of carbonyl (C=O) groups excluding carboxylic acids is 1. The van der Waals surface area contributed by atoms with Crippen LogP contribution in [0, 0.1) is 5.41 Å². The van der Waals surface area contributed by atoms with Crippen molar-refractivity contribution in [2.75, 3.05) is 54.4 Å². The number of ether oxygens (including phenoxy) is 6. The highest BCUT2D eigenvalue weighted by atomic mass is 16.6. The summed E-state index contributed by atoms with van der Waals surface area (Å²) in [7, 11) is 4.88. The van der Waals surface area contributed by atoms with Gasteiger partial charge in [-0.05, 0) is 54.8 Å². The highest BCUT2D eigenvalue weighted by Gasteiger charge is 2.11. The normalized spacial score (nSPS) is 11.6. The molecular formula is C26H35NO7. The van der Waals surface area contributed by atoms with Gasteiger partial charge < -0.3 is 33.8 Å². The largest absolute Gasteiger partial charge is 0.496 e. The van der Waals surface area contributed by atoms with E-state index in [0.29, 0.717) is 48.9 Å². The van der Waals surface area contributed by atoms with Crippen LogP contribution in [0.3, 0.4) is 0 Å². The van der Waals surface area contributed by atoms with Crippen molar-refractivity contribution in [2.24, 2.45) is 0 Å². The van der Waals surface area contributed by atoms with Crippen LogP contribution in [0.2, 0.25) is 0 Å². The SMILES string of the molecule is COCCCCOCC(COc1ccc(C(=O)OCCc2ccc(OC)c(C=N)c2)cc1)OC. The van der Waals surface area contributed by atoms with Crippen molar-refractivity contribution < 1.29 is 33.2 Å². The predicted octanol–water partition coefficient (Wildman–Crippen LogP) is 3.93. The van der Waals surface area contributed by atoms with Crippen LogP contribution in [0.25, 0.3) is 0 Å². The van der Waals surface area contributed by atoms with Gasteiger partial charge in [0.2, 0.25) is 0 Å². The molecule has 8 nitrogen and oxygen atoms in total. The summed E-state index contributed by atoms with van der Waals surface area (Å²) in [5.74, 6) is 0.875. The molecular weight excluding hydrogens is 438 g/mol. The van der Waals surface area contributed by atoms with E-state index in [9.17, 15) is 4.79 Å². The Morgan fingerprint density at radius 2 is 1.74 bits per heavy atom. The van der Waals surface area contributed by atoms with E-state index in [1.807, 2.05) is 12.1 Å². The van der Waals surface area contributed by atoms with Crippen molar-refractivity contribution in [3.63, 3.8) is 0 Å². The van der Waals surface area contributed by atoms with Gasteiger partial charge in [-0.15, -0.1) is 0 Å². The molecule has 0 heterocycles. The van der Waals surface area contributed by atoms with Crippen LogP contribution < -0.4 is 9.47 Å². The van der Waals surface area contributed by atoms with Crippen LogP contribution in [0.5, 0.6) is 11.5 Å². The smallest absolute Gasteiger partial charge is 0.338 e. The fraction of sp³-hybridized carbons (Fsp3) is 0.462. The minimum absolute atomic E-state index is 0.182. The minimum atomic E-state index is -0.399. The fourth-order valence-electron chi connectivity index (χ4n) is 3.12. The molecule has 1 N–H and O–H groups in total. The molecule has 0 bridgehead atoms. The number of hydrogen-bond donors (Lipinski definition) is 1. The van der Waals surface area contributed by atoms with Gasteiger partial charge >= 0.3 is 5.97 Å². The molecule has 34 heavy (non-hydrogen) atoms. The zero-order chi connectivity index (χ0) is 24.6. The first kappa shape index (κ1) is 27.3. The maximum Gasteiger partial charge on any atom is 0.338 e. The topological polar surface area (TPSA) is 96.3 Å². The monoisotopic (exact) mass is 473 g/mol. The molecule has 2 aromatic carbocycles. The Labute approximate surface area is 201 Å². The van der Waals surface area contributed by atoms with Crippen LogP contribution >= 0.6 is 0 Å². The van der Waals surface area contributed by atoms with Crippen molar-refractivity contribution in [1.29, 1.82) is 5.41 Å². The molecule has 1 atom stereocenters. The van der Waals surface area contributed by atoms with E-state index in [-0.39, 0.29) is 12.7 Å². The third-order valence-corrected chi connectivity index (χ3v) is 5.12. The van der Waals surface area contributed by atoms with Crippen molar-refractivity contribution in [3.8, 4) is 11.5 Å². The van der Waals surface area contributed by atoms with Crippen LogP contribution in [0.4, 0.5) is 0 Å². The van der Waals surface area contributed by atoms with Gasteiger partial charge in [0.25, 0.3) is 0 Å². The van der Waals surface area contributed by atoms with Gasteiger partial charge in [-0.25, -0.2) is 4.79 Å². The molecule has 0 saturated carbocycles. The zero-order valence-corrected chi connectivity index (χ0v) is 20.2. The molecule has 1 unspecified atom stereocenters. The van der Waals surface area contributed by atoms with E-state index in [1.165, 1.54) is 6.21 Å². The Hall–Kier alpha value is -2.94. The first-order valence-electron chi connectivity index (χ1n) is 11.3. The van der Waals surface area contributed by atoms with Gasteiger partial charge in [0.15, 0.2) is 0 Å². The van der Waals surface area contributed by atoms with Gasteiger partial charge in [-0.1, -0.05) is 6.07 Å². The van der Waals surface area contributed by atoms with E-state index in [2.05, 4.69) is 0 Å². The summed E-state index contributed by atoms with van der Waals surface area (Å²) in [5.41, 5.74) is 2.10. The molecule has 0 saturated heterocycles. The lowest BCUT2D eigenvalue weighted by Gasteiger charge is -2.16. The lowest BCUT2D eigenvalue weighted by Crippen LogP contribution is -2.26. The molecule has 0 fully saturated rings. The zero-order valence-electron chi connectivity index (χ0n) is 20.2. The second-order valence-corrected chi connectivity index (χ2v) is 7.57. The Balaban J connectivity index is 1.72. The molecule has 0 spiro atoms. The van der Waals surface area contributed by atoms with E-state index in [0.717, 1.165) is 25.0 Å². The average Bonchev–Trinajstić information content (AvgIpc) is 2.87. The van der Waals surface area contributed by atoms with E-state index < -0.39 is 5.97 Å². The molecule has 2 rings (SSSR count). The highest BCUT2D eigenvalue weighted by molar-refractivity contribution is 5.89. The first-order chi connectivity index (χ1) is 16.6. The molecule has 0 aliphatic carbocycles. The maximum atomic E-state index is 12.3. The third-order valence-electron chi connectivity index (χ3n) is 5.12. The number of esters is 1. The molecule has 2 aromatic rings. The van der Waals surface area contributed by atoms with Crippen molar-refractivity contribution in [3.05, 3.63) is 59.2 Å². The summed E-state index contributed by atoms with van der Waals surface area (Å²) >= 11 is 0. The summed E-state index contributed by atoms with van der Waals surface area (Å²) < 4.78 is 32.4. The van der Waals surface area contributed by atoms with Crippen LogP contribution in [-0.4, -0.2) is 72.7 Å². The number of carbonyl (C=O) groups is 1. The Morgan fingerprint density at radius 1 is 0.971 bits per heavy atom. The molecule has 0 amide bonds. The molecule has 0 aliphatic rings. The van der Waals surface area contributed by atoms with Gasteiger partial charge in [0, 0.05) is 45.6 Å². The van der Waals surface area contributed by atoms with Crippen molar-refractivity contribution in [1.82, 2.24) is 0 Å². The van der Waals surface area contributed by atoms with Crippen LogP contribution in [0.1, 0.15) is 34.3 Å². The number of unbranched alkanes of at least 4 members (excludes halogenated alkanes) is 1. The van der Waals surface area contributed by atoms with Crippen molar-refractivity contribution in [2.45, 2.75) is 25.4 Å². The Morgan fingerprint density at radius 3 is 2.41 bits per heavy atom. The van der Waals surface area contributed by atoms with E-state index in [4.69, 9.17) is 33.8 Å². The number of hydrogen-bond acceptors (Lipinski definition) is 8. The number of nitrogens with one attached hydrogen (secondary N) is 1. The van der Waals surface area contributed by atoms with Gasteiger partial charge in [-0.3, -0.25) is 0 Å². The summed E-state index contributed by atoms with van der Waals surface area (Å²) in [6.07, 6.45) is 3.51. The second kappa shape index (κ2) is 15.8. The standard InChI is InChI=1S/C26H35NO7/c1-29-13-4-5-14-32-18-24(30-2)19-34-23-9-7-21(8-10-23)26(28)33-15-12-20-6-11-25(31-3)22(16-20)17-27/h6-11,16-17,24,27H,4-5,12-15,18-19H2,1-3H3. The molecule has 0 aliphatic heterocycles. The predicted molar refractivity (Wildman–Crippen MR) is 130 cm³/mol. The summed E-state index contributed by atoms with van der Waals surface area (Å²) in [6.45, 7) is 2.42. The lowest BCUT2D eigenvalue weighted by molar-refractivity contribution is -0.0158. The summed E-state index contributed by atoms with van der Waals surface area (Å²) in [6, 6.07) is 12.4. The molecule has 0 aromatic heterocycles. The molecule has 8 heteroatoms. The average molecular weight is 474 g/mol. The Kier molecular flexibility index (Phi) is 12.7. The van der Waals surface area contributed by atoms with Crippen LogP contribution in [-0.2, 0) is 25.4 Å². The van der Waals surface area contributed by atoms with Crippen LogP contribution in [0.15, 0.2) is 42.5 Å². The molecule has 0 radical (unpaired) electrons. The Bertz CT molecular complexity index is 870.